The van der Waals surface area contributed by atoms with E-state index in [0.717, 1.165) is 0 Å². The lowest BCUT2D eigenvalue weighted by atomic mass is 10.6. The summed E-state index contributed by atoms with van der Waals surface area (Å²) in [5, 5.41) is 41.8. The van der Waals surface area contributed by atoms with Crippen LogP contribution < -0.4 is 5.32 Å². The normalized spacial score (nSPS) is 7.50. The maximum atomic E-state index is 8.15. The van der Waals surface area contributed by atoms with Crippen molar-refractivity contribution in [3.8, 4) is 0 Å². The number of aliphatic hydroxyl groups excluding tert-OH is 5. The molecule has 0 spiro atoms. The molecule has 0 aliphatic heterocycles. The minimum absolute atomic E-state index is 0.139. The second kappa shape index (κ2) is 46.4. The standard InChI is InChI=1S/C4H11NO2.3C2H6O/c6-3-1-5-2-4-7;3*1-2-3/h5-7H,1-4H2;3*3H,2H2,1H3. The number of aliphatic hydroxyl groups is 5. The van der Waals surface area contributed by atoms with Crippen LogP contribution in [0.4, 0.5) is 0 Å². The highest BCUT2D eigenvalue weighted by atomic mass is 16.3. The molecule has 0 radical (unpaired) electrons. The zero-order valence-corrected chi connectivity index (χ0v) is 10.7. The fourth-order valence-corrected chi connectivity index (χ4v) is 0.283. The van der Waals surface area contributed by atoms with Crippen LogP contribution in [0.15, 0.2) is 0 Å². The van der Waals surface area contributed by atoms with E-state index < -0.39 is 0 Å². The van der Waals surface area contributed by atoms with Gasteiger partial charge in [0.1, 0.15) is 0 Å². The van der Waals surface area contributed by atoms with Crippen LogP contribution in [0.3, 0.4) is 0 Å². The summed E-state index contributed by atoms with van der Waals surface area (Å²) < 4.78 is 0. The van der Waals surface area contributed by atoms with Crippen LogP contribution in [-0.4, -0.2) is 71.7 Å². The maximum absolute atomic E-state index is 8.15. The number of hydrogen-bond acceptors (Lipinski definition) is 6. The minimum atomic E-state index is 0.139. The van der Waals surface area contributed by atoms with E-state index >= 15 is 0 Å². The molecule has 6 nitrogen and oxygen atoms in total. The fraction of sp³-hybridized carbons (Fsp3) is 1.00. The van der Waals surface area contributed by atoms with Gasteiger partial charge in [-0.3, -0.25) is 0 Å². The average molecular weight is 243 g/mol. The Morgan fingerprint density at radius 1 is 0.625 bits per heavy atom. The monoisotopic (exact) mass is 243 g/mol. The van der Waals surface area contributed by atoms with Gasteiger partial charge in [0, 0.05) is 32.9 Å². The third kappa shape index (κ3) is 158. The molecular weight excluding hydrogens is 214 g/mol. The van der Waals surface area contributed by atoms with Crippen molar-refractivity contribution in [3.63, 3.8) is 0 Å². The van der Waals surface area contributed by atoms with Gasteiger partial charge in [-0.1, -0.05) is 0 Å². The average Bonchev–Trinajstić information content (AvgIpc) is 2.22. The van der Waals surface area contributed by atoms with Crippen molar-refractivity contribution < 1.29 is 25.5 Å². The highest BCUT2D eigenvalue weighted by molar-refractivity contribution is 4.39. The molecule has 16 heavy (non-hydrogen) atoms. The van der Waals surface area contributed by atoms with Crippen molar-refractivity contribution >= 4 is 0 Å². The van der Waals surface area contributed by atoms with Crippen LogP contribution in [-0.2, 0) is 0 Å². The Kier molecular flexibility index (Phi) is 72.0. The molecule has 104 valence electrons. The molecule has 0 aliphatic rings. The van der Waals surface area contributed by atoms with E-state index in [1.54, 1.807) is 20.8 Å². The Bertz CT molecular complexity index is 58.4. The van der Waals surface area contributed by atoms with Crippen LogP contribution in [0, 0.1) is 0 Å². The van der Waals surface area contributed by atoms with Crippen LogP contribution >= 0.6 is 0 Å². The van der Waals surface area contributed by atoms with Crippen LogP contribution in [0.1, 0.15) is 20.8 Å². The van der Waals surface area contributed by atoms with Crippen molar-refractivity contribution in [2.75, 3.05) is 46.1 Å². The van der Waals surface area contributed by atoms with Crippen molar-refractivity contribution in [3.05, 3.63) is 0 Å². The third-order valence-corrected chi connectivity index (χ3v) is 0.577. The van der Waals surface area contributed by atoms with E-state index in [1.165, 1.54) is 0 Å². The second-order valence-corrected chi connectivity index (χ2v) is 2.15. The Morgan fingerprint density at radius 2 is 0.812 bits per heavy atom. The molecule has 6 N–H and O–H groups in total. The summed E-state index contributed by atoms with van der Waals surface area (Å²) in [6.07, 6.45) is 0. The topological polar surface area (TPSA) is 113 Å². The van der Waals surface area contributed by atoms with Gasteiger partial charge in [0.2, 0.25) is 0 Å². The molecular formula is C10H29NO5. The van der Waals surface area contributed by atoms with Crippen LogP contribution in [0.5, 0.6) is 0 Å². The van der Waals surface area contributed by atoms with Gasteiger partial charge in [0.25, 0.3) is 0 Å². The minimum Gasteiger partial charge on any atom is -0.397 e. The van der Waals surface area contributed by atoms with Gasteiger partial charge < -0.3 is 30.8 Å². The van der Waals surface area contributed by atoms with Gasteiger partial charge in [0.05, 0.1) is 13.2 Å². The first kappa shape index (κ1) is 24.8. The first-order valence-corrected chi connectivity index (χ1v) is 5.41. The molecule has 0 heterocycles. The van der Waals surface area contributed by atoms with Gasteiger partial charge in [-0.05, 0) is 20.8 Å². The van der Waals surface area contributed by atoms with Gasteiger partial charge in [-0.15, -0.1) is 0 Å². The molecule has 0 fully saturated rings. The first-order chi connectivity index (χ1) is 7.66. The molecule has 6 heteroatoms. The van der Waals surface area contributed by atoms with Gasteiger partial charge in [-0.25, -0.2) is 0 Å². The van der Waals surface area contributed by atoms with Gasteiger partial charge in [-0.2, -0.15) is 0 Å². The summed E-state index contributed by atoms with van der Waals surface area (Å²) in [4.78, 5) is 0. The van der Waals surface area contributed by atoms with E-state index in [4.69, 9.17) is 25.5 Å². The number of nitrogens with one attached hydrogen (secondary N) is 1. The first-order valence-electron chi connectivity index (χ1n) is 5.41. The quantitative estimate of drug-likeness (QED) is 0.337. The van der Waals surface area contributed by atoms with E-state index in [9.17, 15) is 0 Å². The third-order valence-electron chi connectivity index (χ3n) is 0.577. The molecule has 0 bridgehead atoms. The lowest BCUT2D eigenvalue weighted by Gasteiger charge is -1.94. The predicted molar refractivity (Wildman–Crippen MR) is 65.3 cm³/mol. The Morgan fingerprint density at radius 3 is 0.938 bits per heavy atom. The van der Waals surface area contributed by atoms with Crippen molar-refractivity contribution in [1.82, 2.24) is 5.32 Å². The lowest BCUT2D eigenvalue weighted by molar-refractivity contribution is 0.266. The van der Waals surface area contributed by atoms with Crippen LogP contribution in [0.2, 0.25) is 0 Å². The molecule has 0 aromatic heterocycles. The summed E-state index contributed by atoms with van der Waals surface area (Å²) in [5.74, 6) is 0. The smallest absolute Gasteiger partial charge is 0.0555 e. The van der Waals surface area contributed by atoms with Gasteiger partial charge in [0.15, 0.2) is 0 Å². The molecule has 0 aromatic rings. The summed E-state index contributed by atoms with van der Waals surface area (Å²) in [5.41, 5.74) is 0. The molecule has 0 aromatic carbocycles. The highest BCUT2D eigenvalue weighted by Crippen LogP contribution is 1.54. The van der Waals surface area contributed by atoms with Crippen molar-refractivity contribution in [2.24, 2.45) is 0 Å². The largest absolute Gasteiger partial charge is 0.397 e. The maximum Gasteiger partial charge on any atom is 0.0555 e. The summed E-state index contributed by atoms with van der Waals surface area (Å²) >= 11 is 0. The highest BCUT2D eigenvalue weighted by Gasteiger charge is 1.78. The SMILES string of the molecule is CCO.CCO.CCO.OCCNCCO. The molecule has 0 rings (SSSR count). The van der Waals surface area contributed by atoms with E-state index in [0.29, 0.717) is 13.1 Å². The molecule has 0 saturated heterocycles. The van der Waals surface area contributed by atoms with E-state index in [1.807, 2.05) is 0 Å². The van der Waals surface area contributed by atoms with Crippen molar-refractivity contribution in [1.29, 1.82) is 0 Å². The zero-order chi connectivity index (χ0) is 13.7. The van der Waals surface area contributed by atoms with Crippen molar-refractivity contribution in [2.45, 2.75) is 20.8 Å². The summed E-state index contributed by atoms with van der Waals surface area (Å²) in [7, 11) is 0. The molecule has 0 amide bonds. The van der Waals surface area contributed by atoms with Crippen LogP contribution in [0.25, 0.3) is 0 Å². The van der Waals surface area contributed by atoms with Gasteiger partial charge >= 0.3 is 0 Å². The summed E-state index contributed by atoms with van der Waals surface area (Å²) in [6.45, 7) is 7.21. The lowest BCUT2D eigenvalue weighted by Crippen LogP contribution is -2.21. The molecule has 0 saturated carbocycles. The summed E-state index contributed by atoms with van der Waals surface area (Å²) in [6, 6.07) is 0. The predicted octanol–water partition coefficient (Wildman–Crippen LogP) is -1.44. The Labute approximate surface area is 98.6 Å². The molecule has 0 unspecified atom stereocenters. The Hall–Kier alpha value is -0.240. The Balaban J connectivity index is -0.0000000677. The van der Waals surface area contributed by atoms with E-state index in [2.05, 4.69) is 5.32 Å². The van der Waals surface area contributed by atoms with E-state index in [-0.39, 0.29) is 33.0 Å². The number of rotatable bonds is 4. The molecule has 0 aliphatic carbocycles. The molecule has 0 atom stereocenters. The number of hydrogen-bond donors (Lipinski definition) is 6. The second-order valence-electron chi connectivity index (χ2n) is 2.15. The fourth-order valence-electron chi connectivity index (χ4n) is 0.283. The zero-order valence-electron chi connectivity index (χ0n) is 10.7.